The normalized spacial score (nSPS) is 11.2. The second-order valence-corrected chi connectivity index (χ2v) is 7.87. The number of methoxy groups -OCH3 is 1. The number of likely N-dealkylation sites (N-methyl/N-ethyl adjacent to an activating group) is 1. The summed E-state index contributed by atoms with van der Waals surface area (Å²) in [6, 6.07) is 18.0. The zero-order valence-electron chi connectivity index (χ0n) is 19.7. The first-order chi connectivity index (χ1) is 16.0. The molecule has 8 heteroatoms. The Morgan fingerprint density at radius 1 is 1.09 bits per heavy atom. The van der Waals surface area contributed by atoms with Gasteiger partial charge < -0.3 is 20.3 Å². The lowest BCUT2D eigenvalue weighted by Gasteiger charge is -2.15. The molecule has 0 saturated carbocycles. The number of carbonyl (C=O) groups is 1. The molecule has 0 fully saturated rings. The summed E-state index contributed by atoms with van der Waals surface area (Å²) in [7, 11) is 7.03. The highest BCUT2D eigenvalue weighted by Gasteiger charge is 2.11. The van der Waals surface area contributed by atoms with Crippen LogP contribution >= 0.6 is 0 Å². The van der Waals surface area contributed by atoms with E-state index in [9.17, 15) is 4.79 Å². The Hall–Kier alpha value is -3.81. The minimum atomic E-state index is -0.0222. The largest absolute Gasteiger partial charge is 0.497 e. The molecule has 3 rings (SSSR count). The van der Waals surface area contributed by atoms with E-state index in [1.165, 1.54) is 5.56 Å². The number of guanidine groups is 1. The third kappa shape index (κ3) is 7.10. The van der Waals surface area contributed by atoms with Crippen molar-refractivity contribution in [3.63, 3.8) is 0 Å². The Labute approximate surface area is 195 Å². The van der Waals surface area contributed by atoms with E-state index in [4.69, 9.17) is 9.73 Å². The standard InChI is InChI=1S/C25H32N6O2/c1-30(2)23(32)17-28-25(26-15-14-19-10-12-22(33-4)13-11-19)27-16-21-18-31(3)29-24(21)20-8-6-5-7-9-20/h5-13,18H,14-17H2,1-4H3,(H2,26,27,28). The first-order valence-corrected chi connectivity index (χ1v) is 10.9. The zero-order chi connectivity index (χ0) is 23.6. The molecule has 1 amide bonds. The molecule has 1 aromatic heterocycles. The Morgan fingerprint density at radius 3 is 2.48 bits per heavy atom. The first-order valence-electron chi connectivity index (χ1n) is 10.9. The van der Waals surface area contributed by atoms with Gasteiger partial charge in [0.05, 0.1) is 25.9 Å². The molecule has 33 heavy (non-hydrogen) atoms. The van der Waals surface area contributed by atoms with Crippen molar-refractivity contribution in [3.8, 4) is 17.0 Å². The second kappa shape index (κ2) is 11.7. The number of nitrogens with zero attached hydrogens (tertiary/aromatic N) is 4. The second-order valence-electron chi connectivity index (χ2n) is 7.87. The number of ether oxygens (including phenoxy) is 1. The molecule has 2 aromatic carbocycles. The molecule has 0 radical (unpaired) electrons. The fourth-order valence-electron chi connectivity index (χ4n) is 3.27. The van der Waals surface area contributed by atoms with E-state index in [-0.39, 0.29) is 12.5 Å². The fraction of sp³-hybridized carbons (Fsp3) is 0.320. The molecule has 8 nitrogen and oxygen atoms in total. The molecule has 0 aliphatic heterocycles. The number of aryl methyl sites for hydroxylation is 1. The predicted molar refractivity (Wildman–Crippen MR) is 131 cm³/mol. The highest BCUT2D eigenvalue weighted by Crippen LogP contribution is 2.22. The lowest BCUT2D eigenvalue weighted by Crippen LogP contribution is -2.43. The summed E-state index contributed by atoms with van der Waals surface area (Å²) in [4.78, 5) is 18.4. The lowest BCUT2D eigenvalue weighted by atomic mass is 10.1. The van der Waals surface area contributed by atoms with Gasteiger partial charge in [0.1, 0.15) is 5.75 Å². The number of benzene rings is 2. The Morgan fingerprint density at radius 2 is 1.82 bits per heavy atom. The molecule has 174 valence electrons. The third-order valence-electron chi connectivity index (χ3n) is 5.13. The summed E-state index contributed by atoms with van der Waals surface area (Å²) < 4.78 is 7.01. The van der Waals surface area contributed by atoms with Crippen molar-refractivity contribution in [1.29, 1.82) is 0 Å². The first kappa shape index (κ1) is 23.8. The average molecular weight is 449 g/mol. The minimum absolute atomic E-state index is 0.0222. The number of carbonyl (C=O) groups excluding carboxylic acids is 1. The maximum Gasteiger partial charge on any atom is 0.241 e. The van der Waals surface area contributed by atoms with E-state index in [1.807, 2.05) is 67.8 Å². The van der Waals surface area contributed by atoms with Gasteiger partial charge in [0.25, 0.3) is 0 Å². The van der Waals surface area contributed by atoms with Gasteiger partial charge in [-0.05, 0) is 24.1 Å². The van der Waals surface area contributed by atoms with Crippen LogP contribution in [0.5, 0.6) is 5.75 Å². The van der Waals surface area contributed by atoms with Crippen LogP contribution in [0.3, 0.4) is 0 Å². The highest BCUT2D eigenvalue weighted by atomic mass is 16.5. The summed E-state index contributed by atoms with van der Waals surface area (Å²) in [6.45, 7) is 1.28. The van der Waals surface area contributed by atoms with Gasteiger partial charge in [-0.15, -0.1) is 0 Å². The maximum absolute atomic E-state index is 12.1. The van der Waals surface area contributed by atoms with Crippen molar-refractivity contribution in [2.75, 3.05) is 34.3 Å². The van der Waals surface area contributed by atoms with Crippen molar-refractivity contribution < 1.29 is 9.53 Å². The molecule has 0 unspecified atom stereocenters. The van der Waals surface area contributed by atoms with Crippen LogP contribution in [0.25, 0.3) is 11.3 Å². The molecule has 1 heterocycles. The van der Waals surface area contributed by atoms with E-state index >= 15 is 0 Å². The Balaban J connectivity index is 1.69. The SMILES string of the molecule is COc1ccc(CCNC(=NCc2cn(C)nc2-c2ccccc2)NCC(=O)N(C)C)cc1. The van der Waals surface area contributed by atoms with Crippen molar-refractivity contribution in [1.82, 2.24) is 25.3 Å². The van der Waals surface area contributed by atoms with Crippen molar-refractivity contribution >= 4 is 11.9 Å². The number of aliphatic imine (C=N–C) groups is 1. The van der Waals surface area contributed by atoms with E-state index in [0.717, 1.165) is 29.0 Å². The van der Waals surface area contributed by atoms with Crippen LogP contribution in [-0.2, 0) is 24.8 Å². The minimum Gasteiger partial charge on any atom is -0.497 e. The van der Waals surface area contributed by atoms with Crippen LogP contribution < -0.4 is 15.4 Å². The number of nitrogens with one attached hydrogen (secondary N) is 2. The zero-order valence-corrected chi connectivity index (χ0v) is 19.7. The number of rotatable bonds is 9. The average Bonchev–Trinajstić information content (AvgIpc) is 3.21. The molecule has 0 saturated heterocycles. The number of hydrogen-bond donors (Lipinski definition) is 2. The number of hydrogen-bond acceptors (Lipinski definition) is 4. The van der Waals surface area contributed by atoms with E-state index in [0.29, 0.717) is 19.0 Å². The lowest BCUT2D eigenvalue weighted by molar-refractivity contribution is -0.127. The molecular weight excluding hydrogens is 416 g/mol. The number of aromatic nitrogens is 2. The van der Waals surface area contributed by atoms with Gasteiger partial charge in [0.15, 0.2) is 5.96 Å². The summed E-state index contributed by atoms with van der Waals surface area (Å²) in [5, 5.41) is 11.1. The Kier molecular flexibility index (Phi) is 8.46. The van der Waals surface area contributed by atoms with Crippen LogP contribution in [-0.4, -0.2) is 60.8 Å². The predicted octanol–water partition coefficient (Wildman–Crippen LogP) is 2.46. The topological polar surface area (TPSA) is 83.8 Å². The van der Waals surface area contributed by atoms with Crippen LogP contribution in [0.2, 0.25) is 0 Å². The molecule has 0 aliphatic rings. The fourth-order valence-corrected chi connectivity index (χ4v) is 3.27. The number of amides is 1. The smallest absolute Gasteiger partial charge is 0.241 e. The van der Waals surface area contributed by atoms with Crippen LogP contribution in [0.1, 0.15) is 11.1 Å². The third-order valence-corrected chi connectivity index (χ3v) is 5.13. The van der Waals surface area contributed by atoms with Crippen molar-refractivity contribution in [2.45, 2.75) is 13.0 Å². The van der Waals surface area contributed by atoms with Crippen LogP contribution in [0, 0.1) is 0 Å². The van der Waals surface area contributed by atoms with Gasteiger partial charge in [-0.2, -0.15) is 5.10 Å². The summed E-state index contributed by atoms with van der Waals surface area (Å²) in [5.74, 6) is 1.40. The van der Waals surface area contributed by atoms with E-state index in [1.54, 1.807) is 30.8 Å². The van der Waals surface area contributed by atoms with Crippen molar-refractivity contribution in [3.05, 3.63) is 71.9 Å². The van der Waals surface area contributed by atoms with Gasteiger partial charge in [-0.3, -0.25) is 9.48 Å². The summed E-state index contributed by atoms with van der Waals surface area (Å²) >= 11 is 0. The maximum atomic E-state index is 12.1. The molecule has 0 spiro atoms. The Bertz CT molecular complexity index is 1060. The van der Waals surface area contributed by atoms with Gasteiger partial charge in [-0.1, -0.05) is 42.5 Å². The van der Waals surface area contributed by atoms with Crippen molar-refractivity contribution in [2.24, 2.45) is 12.0 Å². The van der Waals surface area contributed by atoms with Crippen LogP contribution in [0.4, 0.5) is 0 Å². The molecule has 0 aliphatic carbocycles. The van der Waals surface area contributed by atoms with Gasteiger partial charge in [-0.25, -0.2) is 4.99 Å². The highest BCUT2D eigenvalue weighted by molar-refractivity contribution is 5.86. The summed E-state index contributed by atoms with van der Waals surface area (Å²) in [6.07, 6.45) is 2.79. The van der Waals surface area contributed by atoms with E-state index < -0.39 is 0 Å². The molecular formula is C25H32N6O2. The van der Waals surface area contributed by atoms with Gasteiger partial charge in [0.2, 0.25) is 5.91 Å². The molecule has 0 atom stereocenters. The monoisotopic (exact) mass is 448 g/mol. The quantitative estimate of drug-likeness (QED) is 0.388. The van der Waals surface area contributed by atoms with Crippen LogP contribution in [0.15, 0.2) is 65.8 Å². The molecule has 3 aromatic rings. The molecule has 2 N–H and O–H groups in total. The summed E-state index contributed by atoms with van der Waals surface area (Å²) in [5.41, 5.74) is 4.15. The van der Waals surface area contributed by atoms with E-state index in [2.05, 4.69) is 15.7 Å². The molecule has 0 bridgehead atoms. The van der Waals surface area contributed by atoms with Gasteiger partial charge >= 0.3 is 0 Å². The van der Waals surface area contributed by atoms with Gasteiger partial charge in [0, 0.05) is 45.0 Å².